The number of rotatable bonds is 6. The highest BCUT2D eigenvalue weighted by atomic mass is 32.2. The lowest BCUT2D eigenvalue weighted by Gasteiger charge is -2.23. The molecule has 1 fully saturated rings. The average molecular weight is 336 g/mol. The first-order chi connectivity index (χ1) is 11.0. The Labute approximate surface area is 139 Å². The number of carboxylic acid groups (broad SMARTS) is 1. The Hall–Kier alpha value is -2.02. The minimum Gasteiger partial charge on any atom is -0.481 e. The monoisotopic (exact) mass is 336 g/mol. The summed E-state index contributed by atoms with van der Waals surface area (Å²) in [5.41, 5.74) is 1.17. The fraction of sp³-hybridized carbons (Fsp3) is 0.438. The number of carboxylic acids is 1. The number of nitrogens with one attached hydrogen (secondary N) is 1. The van der Waals surface area contributed by atoms with Crippen LogP contribution < -0.4 is 5.32 Å². The number of hydrogen-bond acceptors (Lipinski definition) is 4. The molecule has 0 radical (unpaired) electrons. The fourth-order valence-corrected chi connectivity index (χ4v) is 3.60. The summed E-state index contributed by atoms with van der Waals surface area (Å²) < 4.78 is 0. The zero-order valence-electron chi connectivity index (χ0n) is 12.9. The zero-order valence-corrected chi connectivity index (χ0v) is 13.8. The molecule has 0 saturated carbocycles. The van der Waals surface area contributed by atoms with Gasteiger partial charge in [0.1, 0.15) is 6.04 Å². The molecule has 0 aliphatic carbocycles. The molecule has 0 spiro atoms. The minimum absolute atomic E-state index is 0.00252. The quantitative estimate of drug-likeness (QED) is 0.829. The van der Waals surface area contributed by atoms with E-state index in [-0.39, 0.29) is 18.2 Å². The van der Waals surface area contributed by atoms with Crippen molar-refractivity contribution in [1.29, 1.82) is 0 Å². The van der Waals surface area contributed by atoms with Crippen LogP contribution in [0, 0.1) is 0 Å². The maximum absolute atomic E-state index is 12.4. The Bertz CT molecular complexity index is 605. The van der Waals surface area contributed by atoms with Crippen molar-refractivity contribution in [1.82, 2.24) is 4.90 Å². The lowest BCUT2D eigenvalue weighted by Crippen LogP contribution is -2.44. The normalized spacial score (nSPS) is 17.1. The van der Waals surface area contributed by atoms with Gasteiger partial charge in [-0.3, -0.25) is 14.4 Å². The van der Waals surface area contributed by atoms with Gasteiger partial charge in [0.25, 0.3) is 0 Å². The Morgan fingerprint density at radius 2 is 2.17 bits per heavy atom. The second-order valence-corrected chi connectivity index (χ2v) is 6.39. The third-order valence-corrected chi connectivity index (χ3v) is 4.53. The topological polar surface area (TPSA) is 86.7 Å². The molecule has 2 amide bonds. The highest BCUT2D eigenvalue weighted by molar-refractivity contribution is 7.99. The van der Waals surface area contributed by atoms with E-state index >= 15 is 0 Å². The summed E-state index contributed by atoms with van der Waals surface area (Å²) in [6.07, 6.45) is 1.11. The molecule has 1 atom stereocenters. The third-order valence-electron chi connectivity index (χ3n) is 3.52. The van der Waals surface area contributed by atoms with Crippen molar-refractivity contribution in [2.24, 2.45) is 0 Å². The SMILES string of the molecule is CCCC(=O)N1CSCC1C(=O)Nc1cccc(CC(=O)O)c1. The summed E-state index contributed by atoms with van der Waals surface area (Å²) in [5.74, 6) is -0.0345. The van der Waals surface area contributed by atoms with E-state index in [1.165, 1.54) is 0 Å². The number of nitrogens with zero attached hydrogens (tertiary/aromatic N) is 1. The molecule has 6 nitrogen and oxygen atoms in total. The van der Waals surface area contributed by atoms with Gasteiger partial charge in [0, 0.05) is 17.9 Å². The maximum Gasteiger partial charge on any atom is 0.307 e. The van der Waals surface area contributed by atoms with E-state index in [0.29, 0.717) is 29.3 Å². The average Bonchev–Trinajstić information content (AvgIpc) is 2.96. The molecule has 1 saturated heterocycles. The smallest absolute Gasteiger partial charge is 0.307 e. The van der Waals surface area contributed by atoms with Gasteiger partial charge in [-0.25, -0.2) is 0 Å². The van der Waals surface area contributed by atoms with Crippen LogP contribution in [0.4, 0.5) is 5.69 Å². The molecule has 1 aromatic rings. The largest absolute Gasteiger partial charge is 0.481 e. The minimum atomic E-state index is -0.919. The van der Waals surface area contributed by atoms with Crippen LogP contribution in [0.5, 0.6) is 0 Å². The predicted molar refractivity (Wildman–Crippen MR) is 89.3 cm³/mol. The van der Waals surface area contributed by atoms with Crippen molar-refractivity contribution in [2.45, 2.75) is 32.2 Å². The van der Waals surface area contributed by atoms with E-state index in [9.17, 15) is 14.4 Å². The predicted octanol–water partition coefficient (Wildman–Crippen LogP) is 1.95. The molecule has 23 heavy (non-hydrogen) atoms. The second kappa shape index (κ2) is 8.01. The number of amides is 2. The maximum atomic E-state index is 12.4. The Morgan fingerprint density at radius 1 is 1.39 bits per heavy atom. The van der Waals surface area contributed by atoms with Gasteiger partial charge in [-0.2, -0.15) is 0 Å². The molecule has 2 N–H and O–H groups in total. The van der Waals surface area contributed by atoms with Crippen LogP contribution in [0.3, 0.4) is 0 Å². The molecule has 1 heterocycles. The first-order valence-corrected chi connectivity index (χ1v) is 8.65. The molecule has 1 unspecified atom stereocenters. The highest BCUT2D eigenvalue weighted by Gasteiger charge is 2.34. The molecular weight excluding hydrogens is 316 g/mol. The van der Waals surface area contributed by atoms with Crippen molar-refractivity contribution < 1.29 is 19.5 Å². The molecular formula is C16H20N2O4S. The van der Waals surface area contributed by atoms with Crippen LogP contribution in [0.15, 0.2) is 24.3 Å². The number of carbonyl (C=O) groups is 3. The van der Waals surface area contributed by atoms with Gasteiger partial charge in [-0.05, 0) is 24.1 Å². The van der Waals surface area contributed by atoms with Gasteiger partial charge >= 0.3 is 5.97 Å². The lowest BCUT2D eigenvalue weighted by atomic mass is 10.1. The van der Waals surface area contributed by atoms with Crippen molar-refractivity contribution >= 4 is 35.2 Å². The highest BCUT2D eigenvalue weighted by Crippen LogP contribution is 2.23. The van der Waals surface area contributed by atoms with Crippen LogP contribution in [-0.2, 0) is 20.8 Å². The summed E-state index contributed by atoms with van der Waals surface area (Å²) in [5, 5.41) is 11.6. The molecule has 7 heteroatoms. The number of hydrogen-bond donors (Lipinski definition) is 2. The van der Waals surface area contributed by atoms with Crippen LogP contribution in [0.25, 0.3) is 0 Å². The van der Waals surface area contributed by atoms with E-state index in [1.807, 2.05) is 6.92 Å². The number of anilines is 1. The number of thioether (sulfide) groups is 1. The van der Waals surface area contributed by atoms with E-state index in [2.05, 4.69) is 5.32 Å². The van der Waals surface area contributed by atoms with Crippen molar-refractivity contribution in [3.8, 4) is 0 Å². The molecule has 1 aliphatic heterocycles. The summed E-state index contributed by atoms with van der Waals surface area (Å²) >= 11 is 1.56. The number of benzene rings is 1. The van der Waals surface area contributed by atoms with Gasteiger partial charge in [0.05, 0.1) is 12.3 Å². The van der Waals surface area contributed by atoms with E-state index < -0.39 is 12.0 Å². The van der Waals surface area contributed by atoms with Crippen molar-refractivity contribution in [3.63, 3.8) is 0 Å². The molecule has 1 aliphatic rings. The van der Waals surface area contributed by atoms with E-state index in [4.69, 9.17) is 5.11 Å². The van der Waals surface area contributed by atoms with Gasteiger partial charge < -0.3 is 15.3 Å². The Balaban J connectivity index is 2.03. The number of carbonyl (C=O) groups excluding carboxylic acids is 2. The van der Waals surface area contributed by atoms with Crippen LogP contribution in [-0.4, -0.2) is 45.5 Å². The standard InChI is InChI=1S/C16H20N2O4S/c1-2-4-14(19)18-10-23-9-13(18)16(22)17-12-6-3-5-11(7-12)8-15(20)21/h3,5-7,13H,2,4,8-10H2,1H3,(H,17,22)(H,20,21). The van der Waals surface area contributed by atoms with Gasteiger partial charge in [0.2, 0.25) is 11.8 Å². The first kappa shape index (κ1) is 17.3. The molecule has 2 rings (SSSR count). The Morgan fingerprint density at radius 3 is 2.87 bits per heavy atom. The van der Waals surface area contributed by atoms with Gasteiger partial charge in [-0.1, -0.05) is 19.1 Å². The van der Waals surface area contributed by atoms with Crippen molar-refractivity contribution in [3.05, 3.63) is 29.8 Å². The van der Waals surface area contributed by atoms with Crippen molar-refractivity contribution in [2.75, 3.05) is 16.9 Å². The van der Waals surface area contributed by atoms with Crippen LogP contribution >= 0.6 is 11.8 Å². The molecule has 0 bridgehead atoms. The van der Waals surface area contributed by atoms with Crippen LogP contribution in [0.2, 0.25) is 0 Å². The molecule has 1 aromatic carbocycles. The summed E-state index contributed by atoms with van der Waals surface area (Å²) in [7, 11) is 0. The lowest BCUT2D eigenvalue weighted by molar-refractivity contribution is -0.136. The summed E-state index contributed by atoms with van der Waals surface area (Å²) in [6.45, 7) is 1.93. The Kier molecular flexibility index (Phi) is 6.04. The first-order valence-electron chi connectivity index (χ1n) is 7.50. The van der Waals surface area contributed by atoms with Gasteiger partial charge in [-0.15, -0.1) is 11.8 Å². The van der Waals surface area contributed by atoms with E-state index in [0.717, 1.165) is 6.42 Å². The third kappa shape index (κ3) is 4.72. The van der Waals surface area contributed by atoms with Crippen LogP contribution in [0.1, 0.15) is 25.3 Å². The summed E-state index contributed by atoms with van der Waals surface area (Å²) in [4.78, 5) is 36.9. The fourth-order valence-electron chi connectivity index (χ4n) is 2.42. The van der Waals surface area contributed by atoms with Gasteiger partial charge in [0.15, 0.2) is 0 Å². The number of aliphatic carboxylic acids is 1. The zero-order chi connectivity index (χ0) is 16.8. The second-order valence-electron chi connectivity index (χ2n) is 5.39. The molecule has 124 valence electrons. The molecule has 0 aromatic heterocycles. The van der Waals surface area contributed by atoms with E-state index in [1.54, 1.807) is 40.9 Å². The summed E-state index contributed by atoms with van der Waals surface area (Å²) in [6, 6.07) is 6.29.